The van der Waals surface area contributed by atoms with Crippen LogP contribution in [0.4, 0.5) is 0 Å². The van der Waals surface area contributed by atoms with Crippen molar-refractivity contribution in [3.8, 4) is 19.5 Å². The van der Waals surface area contributed by atoms with Gasteiger partial charge in [-0.2, -0.15) is 0 Å². The van der Waals surface area contributed by atoms with E-state index >= 15 is 0 Å². The molecule has 2 nitrogen and oxygen atoms in total. The van der Waals surface area contributed by atoms with E-state index in [0.717, 1.165) is 11.0 Å². The Morgan fingerprint density at radius 2 is 0.865 bits per heavy atom. The maximum atomic E-state index is 3.81. The van der Waals surface area contributed by atoms with Gasteiger partial charge < -0.3 is 9.97 Å². The van der Waals surface area contributed by atoms with Gasteiger partial charge in [0.15, 0.2) is 0 Å². The molecule has 11 rings (SSSR count). The van der Waals surface area contributed by atoms with E-state index in [1.165, 1.54) is 94.5 Å². The van der Waals surface area contributed by atoms with Crippen molar-refractivity contribution in [2.24, 2.45) is 0 Å². The average Bonchev–Trinajstić information content (AvgIpc) is 4.03. The van der Waals surface area contributed by atoms with Gasteiger partial charge in [0.2, 0.25) is 0 Å². The molecule has 0 radical (unpaired) electrons. The highest BCUT2D eigenvalue weighted by Crippen LogP contribution is 2.39. The molecular weight excluding hydrogens is 709 g/mol. The lowest BCUT2D eigenvalue weighted by Crippen LogP contribution is -1.78. The van der Waals surface area contributed by atoms with Crippen LogP contribution in [-0.4, -0.2) is 9.97 Å². The van der Waals surface area contributed by atoms with Gasteiger partial charge in [-0.15, -0.1) is 45.3 Å². The standard InChI is InChI=1S/C46H28N2S4/c1-3-41(49-21-1)43-19-13-31(51-43)11-5-27-7-15-33-29(23-27)9-17-35-37-25-40-38(26-39(37)47-45(33)35)36-18-10-30-24-28(8-16-34(30)46(36)48-40)6-12-32-14-20-44(52-32)42-4-2-22-50-42/h1-26,47-48H/b11-5+,12-6+. The SMILES string of the molecule is C(=C\c1ccc(-c2cccs2)s1)/c1ccc2c(ccc3c4cc5[nH]c6c7ccc(/C=C/c8ccc(-c9cccs9)s8)cc7ccc6c5cc4[nH]c23)c1. The minimum atomic E-state index is 1.16. The summed E-state index contributed by atoms with van der Waals surface area (Å²) in [6, 6.07) is 44.7. The summed E-state index contributed by atoms with van der Waals surface area (Å²) >= 11 is 7.25. The lowest BCUT2D eigenvalue weighted by Gasteiger charge is -2.02. The molecule has 6 heteroatoms. The van der Waals surface area contributed by atoms with E-state index in [9.17, 15) is 0 Å². The third-order valence-electron chi connectivity index (χ3n) is 10.0. The molecule has 0 aliphatic rings. The Hall–Kier alpha value is -5.50. The Balaban J connectivity index is 0.911. The molecule has 5 aromatic carbocycles. The van der Waals surface area contributed by atoms with Gasteiger partial charge in [-0.05, 0) is 105 Å². The minimum absolute atomic E-state index is 1.16. The Morgan fingerprint density at radius 3 is 1.33 bits per heavy atom. The fourth-order valence-corrected chi connectivity index (χ4v) is 11.0. The van der Waals surface area contributed by atoms with Crippen molar-refractivity contribution in [1.82, 2.24) is 9.97 Å². The highest BCUT2D eigenvalue weighted by Gasteiger charge is 2.14. The smallest absolute Gasteiger partial charge is 0.0544 e. The number of hydrogen-bond donors (Lipinski definition) is 2. The zero-order valence-electron chi connectivity index (χ0n) is 27.6. The first-order chi connectivity index (χ1) is 25.7. The third kappa shape index (κ3) is 5.10. The topological polar surface area (TPSA) is 31.6 Å². The Bertz CT molecular complexity index is 2960. The summed E-state index contributed by atoms with van der Waals surface area (Å²) in [4.78, 5) is 15.4. The zero-order chi connectivity index (χ0) is 34.2. The van der Waals surface area contributed by atoms with Gasteiger partial charge in [0.05, 0.1) is 11.0 Å². The number of fused-ring (bicyclic) bond motifs is 10. The second-order valence-corrected chi connectivity index (χ2v) is 17.3. The van der Waals surface area contributed by atoms with Crippen LogP contribution in [-0.2, 0) is 0 Å². The van der Waals surface area contributed by atoms with Crippen LogP contribution >= 0.6 is 45.3 Å². The second kappa shape index (κ2) is 12.0. The first-order valence-electron chi connectivity index (χ1n) is 17.2. The van der Waals surface area contributed by atoms with Crippen molar-refractivity contribution in [3.05, 3.63) is 153 Å². The highest BCUT2D eigenvalue weighted by atomic mass is 32.1. The van der Waals surface area contributed by atoms with E-state index in [1.807, 2.05) is 22.7 Å². The molecule has 2 N–H and O–H groups in total. The summed E-state index contributed by atoms with van der Waals surface area (Å²) in [5.74, 6) is 0. The molecule has 0 saturated carbocycles. The van der Waals surface area contributed by atoms with Crippen molar-refractivity contribution >= 4 is 135 Å². The van der Waals surface area contributed by atoms with Gasteiger partial charge in [-0.25, -0.2) is 0 Å². The predicted octanol–water partition coefficient (Wildman–Crippen LogP) is 15.2. The van der Waals surface area contributed by atoms with Crippen molar-refractivity contribution in [3.63, 3.8) is 0 Å². The largest absolute Gasteiger partial charge is 0.354 e. The van der Waals surface area contributed by atoms with Crippen LogP contribution in [0.3, 0.4) is 0 Å². The van der Waals surface area contributed by atoms with E-state index in [2.05, 4.69) is 166 Å². The summed E-state index contributed by atoms with van der Waals surface area (Å²) in [6.45, 7) is 0. The van der Waals surface area contributed by atoms with E-state index in [-0.39, 0.29) is 0 Å². The van der Waals surface area contributed by atoms with Crippen molar-refractivity contribution in [2.45, 2.75) is 0 Å². The molecule has 0 atom stereocenters. The summed E-state index contributed by atoms with van der Waals surface area (Å²) < 4.78 is 0. The van der Waals surface area contributed by atoms with Gasteiger partial charge in [-0.3, -0.25) is 0 Å². The van der Waals surface area contributed by atoms with Crippen molar-refractivity contribution in [1.29, 1.82) is 0 Å². The van der Waals surface area contributed by atoms with Gasteiger partial charge in [0, 0.05) is 72.6 Å². The monoisotopic (exact) mass is 736 g/mol. The molecule has 0 aliphatic heterocycles. The van der Waals surface area contributed by atoms with Gasteiger partial charge in [-0.1, -0.05) is 72.8 Å². The molecule has 6 aromatic heterocycles. The van der Waals surface area contributed by atoms with E-state index in [1.54, 1.807) is 22.7 Å². The molecule has 0 fully saturated rings. The summed E-state index contributed by atoms with van der Waals surface area (Å²) in [5.41, 5.74) is 7.11. The van der Waals surface area contributed by atoms with E-state index in [0.29, 0.717) is 0 Å². The van der Waals surface area contributed by atoms with Crippen LogP contribution in [0.2, 0.25) is 0 Å². The molecule has 0 bridgehead atoms. The summed E-state index contributed by atoms with van der Waals surface area (Å²) in [7, 11) is 0. The van der Waals surface area contributed by atoms with Crippen LogP contribution < -0.4 is 0 Å². The highest BCUT2D eigenvalue weighted by molar-refractivity contribution is 7.22. The molecule has 246 valence electrons. The minimum Gasteiger partial charge on any atom is -0.354 e. The molecule has 52 heavy (non-hydrogen) atoms. The molecule has 6 heterocycles. The number of benzene rings is 5. The Morgan fingerprint density at radius 1 is 0.385 bits per heavy atom. The Kier molecular flexibility index (Phi) is 6.98. The normalized spacial score (nSPS) is 12.5. The van der Waals surface area contributed by atoms with Crippen LogP contribution in [0.1, 0.15) is 20.9 Å². The number of aromatic nitrogens is 2. The molecule has 0 spiro atoms. The molecular formula is C46H28N2S4. The average molecular weight is 737 g/mol. The molecule has 0 unspecified atom stereocenters. The second-order valence-electron chi connectivity index (χ2n) is 13.2. The third-order valence-corrected chi connectivity index (χ3v) is 14.2. The fraction of sp³-hybridized carbons (Fsp3) is 0. The van der Waals surface area contributed by atoms with E-state index < -0.39 is 0 Å². The van der Waals surface area contributed by atoms with Gasteiger partial charge in [0.1, 0.15) is 0 Å². The first-order valence-corrected chi connectivity index (χ1v) is 20.6. The molecule has 0 aliphatic carbocycles. The number of nitrogens with one attached hydrogen (secondary N) is 2. The number of rotatable bonds is 6. The molecule has 0 saturated heterocycles. The fourth-order valence-electron chi connectivity index (χ4n) is 7.49. The number of H-pyrrole nitrogens is 2. The maximum absolute atomic E-state index is 3.81. The maximum Gasteiger partial charge on any atom is 0.0544 e. The summed E-state index contributed by atoms with van der Waals surface area (Å²) in [5, 5.41) is 14.2. The van der Waals surface area contributed by atoms with Crippen LogP contribution in [0.5, 0.6) is 0 Å². The lowest BCUT2D eigenvalue weighted by molar-refractivity contribution is 1.56. The quantitative estimate of drug-likeness (QED) is 0.170. The van der Waals surface area contributed by atoms with Crippen molar-refractivity contribution < 1.29 is 0 Å². The number of hydrogen-bond acceptors (Lipinski definition) is 4. The lowest BCUT2D eigenvalue weighted by atomic mass is 10.0. The van der Waals surface area contributed by atoms with Crippen LogP contribution in [0.25, 0.3) is 109 Å². The number of thiophene rings is 4. The molecule has 0 amide bonds. The van der Waals surface area contributed by atoms with Gasteiger partial charge in [0.25, 0.3) is 0 Å². The predicted molar refractivity (Wildman–Crippen MR) is 233 cm³/mol. The first kappa shape index (κ1) is 30.2. The van der Waals surface area contributed by atoms with Crippen LogP contribution in [0, 0.1) is 0 Å². The van der Waals surface area contributed by atoms with Crippen LogP contribution in [0.15, 0.2) is 132 Å². The zero-order valence-corrected chi connectivity index (χ0v) is 30.9. The van der Waals surface area contributed by atoms with Gasteiger partial charge >= 0.3 is 0 Å². The number of aromatic amines is 2. The van der Waals surface area contributed by atoms with E-state index in [4.69, 9.17) is 0 Å². The Labute approximate surface area is 315 Å². The van der Waals surface area contributed by atoms with Crippen molar-refractivity contribution in [2.75, 3.05) is 0 Å². The molecule has 11 aromatic rings. The summed E-state index contributed by atoms with van der Waals surface area (Å²) in [6.07, 6.45) is 8.90.